The quantitative estimate of drug-likeness (QED) is 0.353. The van der Waals surface area contributed by atoms with Gasteiger partial charge < -0.3 is 20.0 Å². The Morgan fingerprint density at radius 2 is 1.04 bits per heavy atom. The fourth-order valence-corrected chi connectivity index (χ4v) is 10.00. The van der Waals surface area contributed by atoms with Gasteiger partial charge in [-0.25, -0.2) is 26.8 Å². The van der Waals surface area contributed by atoms with Crippen LogP contribution in [0.1, 0.15) is 51.4 Å². The highest BCUT2D eigenvalue weighted by Gasteiger charge is 2.31. The third-order valence-corrected chi connectivity index (χ3v) is 14.0. The minimum atomic E-state index is -3.25. The van der Waals surface area contributed by atoms with Crippen molar-refractivity contribution in [3.8, 4) is 0 Å². The van der Waals surface area contributed by atoms with Crippen LogP contribution in [-0.2, 0) is 19.7 Å². The molecule has 0 unspecified atom stereocenters. The van der Waals surface area contributed by atoms with Crippen LogP contribution < -0.4 is 20.0 Å². The summed E-state index contributed by atoms with van der Waals surface area (Å²) in [6.07, 6.45) is 15.6. The maximum Gasteiger partial charge on any atom is 0.236 e. The lowest BCUT2D eigenvalue weighted by atomic mass is 9.79. The van der Waals surface area contributed by atoms with Gasteiger partial charge in [0.25, 0.3) is 0 Å². The molecule has 7 rings (SSSR count). The topological polar surface area (TPSA) is 142 Å². The minimum Gasteiger partial charge on any atom is -0.370 e. The van der Waals surface area contributed by atoms with Crippen molar-refractivity contribution >= 4 is 59.3 Å². The lowest BCUT2D eigenvalue weighted by Crippen LogP contribution is -2.41. The van der Waals surface area contributed by atoms with Gasteiger partial charge >= 0.3 is 0 Å². The van der Waals surface area contributed by atoms with Crippen molar-refractivity contribution < 1.29 is 16.8 Å². The zero-order chi connectivity index (χ0) is 35.3. The molecule has 0 spiro atoms. The first-order chi connectivity index (χ1) is 23.9. The van der Waals surface area contributed by atoms with Gasteiger partial charge in [-0.05, 0) is 124 Å². The number of sulfone groups is 2. The summed E-state index contributed by atoms with van der Waals surface area (Å²) in [5.74, 6) is 3.24. The average Bonchev–Trinajstić information content (AvgIpc) is 3.58. The molecule has 4 aliphatic rings. The lowest BCUT2D eigenvalue weighted by molar-refractivity contribution is 0.222. The third-order valence-electron chi connectivity index (χ3n) is 10.9. The Labute approximate surface area is 306 Å². The second-order valence-electron chi connectivity index (χ2n) is 14.2. The maximum absolute atomic E-state index is 11.6. The molecule has 4 fully saturated rings. The highest BCUT2D eigenvalue weighted by atomic mass is 35.5. The molecular formula is C34H49ClN8O4S3. The zero-order valence-corrected chi connectivity index (χ0v) is 32.2. The van der Waals surface area contributed by atoms with Gasteiger partial charge in [0.05, 0.1) is 23.8 Å². The van der Waals surface area contributed by atoms with E-state index in [1.54, 1.807) is 24.5 Å². The van der Waals surface area contributed by atoms with Crippen molar-refractivity contribution in [3.63, 3.8) is 0 Å². The van der Waals surface area contributed by atoms with E-state index in [0.717, 1.165) is 79.4 Å². The number of halogens is 1. The molecule has 0 radical (unpaired) electrons. The molecule has 0 aromatic carbocycles. The molecule has 274 valence electrons. The number of hydrogen-bond donors (Lipinski definition) is 1. The standard InChI is InChI=1S/C18H24ClN5O2S2.C16H25N3O2S/c1-28(25,26)16-3-2-15(12-20-16)23-8-4-13(5-9-23)14-6-10-24(11-7-14)18-21-17(19)22-27-18;1-22(20,21)16-3-2-15(12-18-16)19-10-6-14(7-11-19)13-4-8-17-9-5-13/h2-3,12-14H,4-11H2,1H3;2-3,12-14,17H,4-11H2,1H3. The predicted octanol–water partition coefficient (Wildman–Crippen LogP) is 4.82. The number of aromatic nitrogens is 4. The highest BCUT2D eigenvalue weighted by Crippen LogP contribution is 2.36. The fraction of sp³-hybridized carbons (Fsp3) is 0.647. The number of nitrogens with one attached hydrogen (secondary N) is 1. The Hall–Kier alpha value is -2.59. The molecule has 0 atom stereocenters. The molecule has 50 heavy (non-hydrogen) atoms. The van der Waals surface area contributed by atoms with Gasteiger partial charge in [0, 0.05) is 63.3 Å². The van der Waals surface area contributed by atoms with Crippen molar-refractivity contribution in [2.24, 2.45) is 23.7 Å². The second-order valence-corrected chi connectivity index (χ2v) is 19.2. The van der Waals surface area contributed by atoms with E-state index >= 15 is 0 Å². The molecule has 4 saturated heterocycles. The molecule has 3 aromatic heterocycles. The van der Waals surface area contributed by atoms with E-state index in [-0.39, 0.29) is 10.1 Å². The summed E-state index contributed by atoms with van der Waals surface area (Å²) in [5.41, 5.74) is 2.05. The van der Waals surface area contributed by atoms with Crippen molar-refractivity contribution in [1.82, 2.24) is 24.6 Å². The fourth-order valence-electron chi connectivity index (χ4n) is 8.02. The van der Waals surface area contributed by atoms with E-state index in [4.69, 9.17) is 11.6 Å². The zero-order valence-electron chi connectivity index (χ0n) is 29.0. The maximum atomic E-state index is 11.6. The average molecular weight is 765 g/mol. The summed E-state index contributed by atoms with van der Waals surface area (Å²) in [6.45, 7) is 8.47. The lowest BCUT2D eigenvalue weighted by Gasteiger charge is -2.40. The minimum absolute atomic E-state index is 0.134. The van der Waals surface area contributed by atoms with E-state index in [0.29, 0.717) is 5.28 Å². The van der Waals surface area contributed by atoms with Crippen LogP contribution >= 0.6 is 23.1 Å². The number of rotatable bonds is 7. The second kappa shape index (κ2) is 16.4. The van der Waals surface area contributed by atoms with E-state index < -0.39 is 19.7 Å². The van der Waals surface area contributed by atoms with Crippen molar-refractivity contribution in [2.45, 2.75) is 61.4 Å². The first-order valence-electron chi connectivity index (χ1n) is 17.7. The summed E-state index contributed by atoms with van der Waals surface area (Å²) in [4.78, 5) is 19.4. The third kappa shape index (κ3) is 9.64. The summed E-state index contributed by atoms with van der Waals surface area (Å²) in [5, 5.41) is 5.00. The molecule has 0 aliphatic carbocycles. The van der Waals surface area contributed by atoms with Gasteiger partial charge in [-0.1, -0.05) is 0 Å². The summed E-state index contributed by atoms with van der Waals surface area (Å²) < 4.78 is 50.1. The molecule has 16 heteroatoms. The van der Waals surface area contributed by atoms with Gasteiger partial charge in [0.1, 0.15) is 0 Å². The first kappa shape index (κ1) is 37.2. The van der Waals surface area contributed by atoms with Crippen molar-refractivity contribution in [2.75, 3.05) is 79.6 Å². The van der Waals surface area contributed by atoms with Crippen LogP contribution in [0.2, 0.25) is 5.28 Å². The van der Waals surface area contributed by atoms with Crippen LogP contribution in [-0.4, -0.2) is 101 Å². The van der Waals surface area contributed by atoms with E-state index in [2.05, 4.69) is 39.3 Å². The Kier molecular flexibility index (Phi) is 12.2. The largest absolute Gasteiger partial charge is 0.370 e. The molecule has 7 heterocycles. The molecule has 0 bridgehead atoms. The van der Waals surface area contributed by atoms with E-state index in [1.165, 1.54) is 88.5 Å². The molecule has 3 aromatic rings. The SMILES string of the molecule is CS(=O)(=O)c1ccc(N2CCC(C3CCN(c4nc(Cl)ns4)CC3)CC2)cn1.CS(=O)(=O)c1ccc(N2CCC(C3CCNCC3)CC2)cn1. The number of piperidine rings is 4. The van der Waals surface area contributed by atoms with Crippen LogP contribution in [0, 0.1) is 23.7 Å². The Balaban J connectivity index is 0.000000178. The molecule has 1 N–H and O–H groups in total. The molecule has 12 nitrogen and oxygen atoms in total. The number of pyridine rings is 2. The van der Waals surface area contributed by atoms with Crippen molar-refractivity contribution in [3.05, 3.63) is 41.9 Å². The van der Waals surface area contributed by atoms with Crippen LogP contribution in [0.3, 0.4) is 0 Å². The Morgan fingerprint density at radius 3 is 1.38 bits per heavy atom. The Morgan fingerprint density at radius 1 is 0.640 bits per heavy atom. The van der Waals surface area contributed by atoms with Crippen LogP contribution in [0.25, 0.3) is 0 Å². The van der Waals surface area contributed by atoms with Gasteiger partial charge in [-0.3, -0.25) is 0 Å². The molecular weight excluding hydrogens is 716 g/mol. The molecule has 0 amide bonds. The van der Waals surface area contributed by atoms with Crippen LogP contribution in [0.15, 0.2) is 46.7 Å². The highest BCUT2D eigenvalue weighted by molar-refractivity contribution is 7.90. The van der Waals surface area contributed by atoms with Gasteiger partial charge in [-0.15, -0.1) is 0 Å². The summed E-state index contributed by atoms with van der Waals surface area (Å²) in [6, 6.07) is 6.97. The van der Waals surface area contributed by atoms with E-state index in [9.17, 15) is 16.8 Å². The predicted molar refractivity (Wildman–Crippen MR) is 200 cm³/mol. The van der Waals surface area contributed by atoms with Gasteiger partial charge in [0.15, 0.2) is 29.7 Å². The Bertz CT molecular complexity index is 1750. The number of nitrogens with zero attached hydrogens (tertiary/aromatic N) is 7. The van der Waals surface area contributed by atoms with E-state index in [1.807, 2.05) is 12.1 Å². The van der Waals surface area contributed by atoms with Crippen LogP contribution in [0.5, 0.6) is 0 Å². The van der Waals surface area contributed by atoms with Gasteiger partial charge in [0.2, 0.25) is 10.4 Å². The van der Waals surface area contributed by atoms with Crippen LogP contribution in [0.4, 0.5) is 16.5 Å². The molecule has 4 aliphatic heterocycles. The number of hydrogen-bond acceptors (Lipinski definition) is 13. The first-order valence-corrected chi connectivity index (χ1v) is 22.6. The monoisotopic (exact) mass is 764 g/mol. The summed E-state index contributed by atoms with van der Waals surface area (Å²) in [7, 11) is -6.45. The summed E-state index contributed by atoms with van der Waals surface area (Å²) >= 11 is 7.22. The smallest absolute Gasteiger partial charge is 0.236 e. The number of anilines is 3. The molecule has 0 saturated carbocycles. The van der Waals surface area contributed by atoms with Gasteiger partial charge in [-0.2, -0.15) is 9.36 Å². The normalized spacial score (nSPS) is 20.8. The van der Waals surface area contributed by atoms with Crippen molar-refractivity contribution in [1.29, 1.82) is 0 Å².